The lowest BCUT2D eigenvalue weighted by molar-refractivity contribution is 0.471. The molecule has 0 fully saturated rings. The van der Waals surface area contributed by atoms with Gasteiger partial charge in [-0.05, 0) is 22.0 Å². The molecule has 0 saturated carbocycles. The largest absolute Gasteiger partial charge is 0.506 e. The van der Waals surface area contributed by atoms with Gasteiger partial charge in [-0.2, -0.15) is 8.42 Å². The summed E-state index contributed by atoms with van der Waals surface area (Å²) in [6.07, 6.45) is 0. The number of rotatable bonds is 3. The molecule has 0 amide bonds. The van der Waals surface area contributed by atoms with E-state index in [4.69, 9.17) is 11.6 Å². The van der Waals surface area contributed by atoms with Crippen molar-refractivity contribution in [3.63, 3.8) is 0 Å². The number of aryl methyl sites for hydroxylation is 1. The smallest absolute Gasteiger partial charge is 0.282 e. The quantitative estimate of drug-likeness (QED) is 0.786. The first-order valence-corrected chi connectivity index (χ1v) is 7.64. The average Bonchev–Trinajstić information content (AvgIpc) is 2.66. The summed E-state index contributed by atoms with van der Waals surface area (Å²) in [7, 11) is -2.70. The number of anilines is 1. The fraction of sp³-hybridized carbons (Fsp3) is 0.111. The van der Waals surface area contributed by atoms with E-state index in [9.17, 15) is 17.9 Å². The number of phenolic OH excluding ortho intramolecular Hbond substituents is 1. The lowest BCUT2D eigenvalue weighted by Gasteiger charge is -2.10. The van der Waals surface area contributed by atoms with Gasteiger partial charge in [0, 0.05) is 13.1 Å². The fourth-order valence-electron chi connectivity index (χ4n) is 1.42. The molecule has 0 bridgehead atoms. The van der Waals surface area contributed by atoms with Crippen LogP contribution in [-0.2, 0) is 17.1 Å². The number of halogens is 3. The first kappa shape index (κ1) is 15.0. The SMILES string of the molecule is Cn1nnc(Br)c1S(=O)(=O)Nc1cc(Cl)c(F)cc1O. The van der Waals surface area contributed by atoms with E-state index in [-0.39, 0.29) is 20.3 Å². The van der Waals surface area contributed by atoms with Gasteiger partial charge < -0.3 is 5.11 Å². The van der Waals surface area contributed by atoms with Gasteiger partial charge in [0.05, 0.1) is 10.7 Å². The van der Waals surface area contributed by atoms with Crippen molar-refractivity contribution in [3.8, 4) is 5.75 Å². The molecule has 0 aliphatic rings. The number of nitrogens with zero attached hydrogens (tertiary/aromatic N) is 3. The summed E-state index contributed by atoms with van der Waals surface area (Å²) in [5.41, 5.74) is -0.260. The second kappa shape index (κ2) is 5.19. The minimum atomic E-state index is -4.08. The van der Waals surface area contributed by atoms with Gasteiger partial charge in [0.15, 0.2) is 4.60 Å². The summed E-state index contributed by atoms with van der Waals surface area (Å²) in [6.45, 7) is 0. The standard InChI is InChI=1S/C9H7BrClFN4O3S/c1-16-9(8(10)13-15-16)20(18,19)14-6-2-4(11)5(12)3-7(6)17/h2-3,14,17H,1H3. The van der Waals surface area contributed by atoms with Crippen molar-refractivity contribution in [2.45, 2.75) is 5.03 Å². The van der Waals surface area contributed by atoms with Gasteiger partial charge in [0.2, 0.25) is 5.03 Å². The lowest BCUT2D eigenvalue weighted by atomic mass is 10.3. The number of sulfonamides is 1. The molecule has 11 heteroatoms. The maximum Gasteiger partial charge on any atom is 0.282 e. The molecule has 1 heterocycles. The highest BCUT2D eigenvalue weighted by Gasteiger charge is 2.25. The molecule has 0 unspecified atom stereocenters. The Morgan fingerprint density at radius 3 is 2.70 bits per heavy atom. The molecule has 2 rings (SSSR count). The van der Waals surface area contributed by atoms with E-state index in [1.54, 1.807) is 0 Å². The summed E-state index contributed by atoms with van der Waals surface area (Å²) < 4.78 is 40.5. The van der Waals surface area contributed by atoms with E-state index in [0.717, 1.165) is 10.7 Å². The Bertz CT molecular complexity index is 760. The predicted molar refractivity (Wildman–Crippen MR) is 72.6 cm³/mol. The van der Waals surface area contributed by atoms with Crippen LogP contribution in [0.5, 0.6) is 5.75 Å². The topological polar surface area (TPSA) is 97.1 Å². The van der Waals surface area contributed by atoms with Crippen molar-refractivity contribution in [3.05, 3.63) is 27.6 Å². The molecule has 0 saturated heterocycles. The van der Waals surface area contributed by atoms with Gasteiger partial charge in [0.1, 0.15) is 11.6 Å². The van der Waals surface area contributed by atoms with Gasteiger partial charge >= 0.3 is 0 Å². The third kappa shape index (κ3) is 2.72. The summed E-state index contributed by atoms with van der Waals surface area (Å²) >= 11 is 8.49. The van der Waals surface area contributed by atoms with Crippen LogP contribution in [0.15, 0.2) is 21.8 Å². The zero-order valence-corrected chi connectivity index (χ0v) is 13.0. The second-order valence-electron chi connectivity index (χ2n) is 3.70. The zero-order chi connectivity index (χ0) is 15.1. The van der Waals surface area contributed by atoms with E-state index in [0.29, 0.717) is 6.07 Å². The van der Waals surface area contributed by atoms with E-state index in [1.807, 2.05) is 0 Å². The predicted octanol–water partition coefficient (Wildman–Crippen LogP) is 1.88. The van der Waals surface area contributed by atoms with Crippen molar-refractivity contribution in [2.75, 3.05) is 4.72 Å². The Hall–Kier alpha value is -1.39. The van der Waals surface area contributed by atoms with Crippen LogP contribution in [0.3, 0.4) is 0 Å². The Morgan fingerprint density at radius 1 is 1.50 bits per heavy atom. The monoisotopic (exact) mass is 384 g/mol. The van der Waals surface area contributed by atoms with Crippen molar-refractivity contribution in [1.29, 1.82) is 0 Å². The van der Waals surface area contributed by atoms with Crippen LogP contribution < -0.4 is 4.72 Å². The average molecular weight is 386 g/mol. The molecular formula is C9H7BrClFN4O3S. The molecule has 20 heavy (non-hydrogen) atoms. The Morgan fingerprint density at radius 2 is 2.15 bits per heavy atom. The lowest BCUT2D eigenvalue weighted by Crippen LogP contribution is -2.17. The molecule has 0 atom stereocenters. The minimum absolute atomic E-state index is 0.000184. The second-order valence-corrected chi connectivity index (χ2v) is 6.45. The molecular weight excluding hydrogens is 379 g/mol. The Balaban J connectivity index is 2.47. The number of hydrogen-bond donors (Lipinski definition) is 2. The summed E-state index contributed by atoms with van der Waals surface area (Å²) in [6, 6.07) is 1.66. The minimum Gasteiger partial charge on any atom is -0.506 e. The van der Waals surface area contributed by atoms with Gasteiger partial charge in [-0.3, -0.25) is 4.72 Å². The molecule has 108 valence electrons. The molecule has 0 radical (unpaired) electrons. The molecule has 2 N–H and O–H groups in total. The fourth-order valence-corrected chi connectivity index (χ4v) is 3.75. The third-order valence-electron chi connectivity index (χ3n) is 2.27. The van der Waals surface area contributed by atoms with Gasteiger partial charge in [-0.15, -0.1) is 5.10 Å². The zero-order valence-electron chi connectivity index (χ0n) is 9.80. The third-order valence-corrected chi connectivity index (χ3v) is 4.82. The van der Waals surface area contributed by atoms with E-state index in [2.05, 4.69) is 31.0 Å². The molecule has 2 aromatic rings. The summed E-state index contributed by atoms with van der Waals surface area (Å²) in [5.74, 6) is -1.46. The molecule has 1 aromatic carbocycles. The summed E-state index contributed by atoms with van der Waals surface area (Å²) in [4.78, 5) is 0. The Kier molecular flexibility index (Phi) is 3.89. The van der Waals surface area contributed by atoms with E-state index >= 15 is 0 Å². The highest BCUT2D eigenvalue weighted by molar-refractivity contribution is 9.10. The first-order chi connectivity index (χ1) is 9.22. The molecule has 0 spiro atoms. The normalized spacial score (nSPS) is 11.6. The van der Waals surface area contributed by atoms with Crippen LogP contribution in [-0.4, -0.2) is 28.5 Å². The van der Waals surface area contributed by atoms with Crippen molar-refractivity contribution in [2.24, 2.45) is 7.05 Å². The number of aromatic nitrogens is 3. The number of nitrogens with one attached hydrogen (secondary N) is 1. The van der Waals surface area contributed by atoms with Crippen LogP contribution in [0.4, 0.5) is 10.1 Å². The molecule has 0 aliphatic carbocycles. The molecule has 7 nitrogen and oxygen atoms in total. The number of phenols is 1. The van der Waals surface area contributed by atoms with Crippen LogP contribution >= 0.6 is 27.5 Å². The van der Waals surface area contributed by atoms with E-state index < -0.39 is 21.6 Å². The first-order valence-electron chi connectivity index (χ1n) is 4.98. The highest BCUT2D eigenvalue weighted by Crippen LogP contribution is 2.31. The molecule has 0 aliphatic heterocycles. The maximum atomic E-state index is 13.1. The van der Waals surface area contributed by atoms with Crippen molar-refractivity contribution in [1.82, 2.24) is 15.0 Å². The van der Waals surface area contributed by atoms with Gasteiger partial charge in [-0.25, -0.2) is 9.07 Å². The Labute approximate surface area is 126 Å². The van der Waals surface area contributed by atoms with Crippen molar-refractivity contribution >= 4 is 43.2 Å². The van der Waals surface area contributed by atoms with Crippen LogP contribution in [0.25, 0.3) is 0 Å². The van der Waals surface area contributed by atoms with Gasteiger partial charge in [0.25, 0.3) is 10.0 Å². The van der Waals surface area contributed by atoms with Crippen LogP contribution in [0.1, 0.15) is 0 Å². The maximum absolute atomic E-state index is 13.1. The molecule has 1 aromatic heterocycles. The number of hydrogen-bond acceptors (Lipinski definition) is 5. The number of benzene rings is 1. The van der Waals surface area contributed by atoms with Crippen LogP contribution in [0.2, 0.25) is 5.02 Å². The van der Waals surface area contributed by atoms with E-state index in [1.165, 1.54) is 7.05 Å². The number of aromatic hydroxyl groups is 1. The van der Waals surface area contributed by atoms with Crippen molar-refractivity contribution < 1.29 is 17.9 Å². The van der Waals surface area contributed by atoms with Gasteiger partial charge in [-0.1, -0.05) is 16.8 Å². The summed E-state index contributed by atoms with van der Waals surface area (Å²) in [5, 5.41) is 16.0. The van der Waals surface area contributed by atoms with Crippen LogP contribution in [0, 0.1) is 5.82 Å². The highest BCUT2D eigenvalue weighted by atomic mass is 79.9.